The molecule has 2 aliphatic heterocycles. The Morgan fingerprint density at radius 1 is 1.35 bits per heavy atom. The number of ether oxygens (including phenoxy) is 1. The molecule has 37 heavy (non-hydrogen) atoms. The highest BCUT2D eigenvalue weighted by Gasteiger charge is 2.37. The number of piperazine rings is 1. The van der Waals surface area contributed by atoms with Crippen LogP contribution in [0.4, 0.5) is 10.2 Å². The molecule has 1 aromatic carbocycles. The van der Waals surface area contributed by atoms with E-state index in [0.29, 0.717) is 38.3 Å². The van der Waals surface area contributed by atoms with Crippen LogP contribution < -0.4 is 9.64 Å². The number of likely N-dealkylation sites (N-methyl/N-ethyl adjacent to an activating group) is 1. The molecular weight excluding hydrogens is 499 g/mol. The van der Waals surface area contributed by atoms with Crippen molar-refractivity contribution in [3.63, 3.8) is 0 Å². The second-order valence-corrected chi connectivity index (χ2v) is 10.5. The van der Waals surface area contributed by atoms with Crippen molar-refractivity contribution in [1.29, 1.82) is 0 Å². The molecule has 8 nitrogen and oxygen atoms in total. The summed E-state index contributed by atoms with van der Waals surface area (Å²) in [5.41, 5.74) is -0.307. The Labute approximate surface area is 221 Å². The minimum atomic E-state index is -0.698. The largest absolute Gasteiger partial charge is 0.507 e. The van der Waals surface area contributed by atoms with E-state index in [0.717, 1.165) is 12.8 Å². The Hall–Kier alpha value is -3.17. The van der Waals surface area contributed by atoms with Crippen LogP contribution in [0, 0.1) is 5.82 Å². The number of carbonyl (C=O) groups is 2. The van der Waals surface area contributed by atoms with E-state index in [4.69, 9.17) is 16.3 Å². The Kier molecular flexibility index (Phi) is 7.75. The van der Waals surface area contributed by atoms with Gasteiger partial charge in [0, 0.05) is 31.7 Å². The van der Waals surface area contributed by atoms with Crippen LogP contribution in [0.3, 0.4) is 0 Å². The van der Waals surface area contributed by atoms with Gasteiger partial charge in [-0.15, -0.1) is 0 Å². The Morgan fingerprint density at radius 3 is 2.73 bits per heavy atom. The lowest BCUT2D eigenvalue weighted by molar-refractivity contribution is -0.129. The number of hydrogen-bond donors (Lipinski definition) is 1. The molecule has 0 bridgehead atoms. The molecule has 0 saturated carbocycles. The number of rotatable bonds is 7. The second kappa shape index (κ2) is 10.7. The number of amides is 1. The van der Waals surface area contributed by atoms with Crippen LogP contribution in [0.1, 0.15) is 37.0 Å². The molecule has 2 aromatic rings. The van der Waals surface area contributed by atoms with Gasteiger partial charge >= 0.3 is 0 Å². The molecule has 0 aliphatic carbocycles. The predicted octanol–water partition coefficient (Wildman–Crippen LogP) is 4.15. The van der Waals surface area contributed by atoms with Crippen LogP contribution in [-0.4, -0.2) is 83.5 Å². The molecule has 1 N–H and O–H groups in total. The fourth-order valence-electron chi connectivity index (χ4n) is 5.04. The molecule has 198 valence electrons. The number of nitrogens with zero attached hydrogens (tertiary/aromatic N) is 4. The third-order valence-corrected chi connectivity index (χ3v) is 7.65. The monoisotopic (exact) mass is 530 g/mol. The van der Waals surface area contributed by atoms with E-state index in [2.05, 4.69) is 16.5 Å². The van der Waals surface area contributed by atoms with Gasteiger partial charge in [-0.25, -0.2) is 9.37 Å². The number of benzene rings is 1. The highest BCUT2D eigenvalue weighted by Crippen LogP contribution is 2.46. The van der Waals surface area contributed by atoms with Gasteiger partial charge in [-0.3, -0.25) is 14.5 Å². The number of phenols is 1. The maximum Gasteiger partial charge on any atom is 0.246 e. The Morgan fingerprint density at radius 2 is 2.11 bits per heavy atom. The van der Waals surface area contributed by atoms with Crippen LogP contribution in [0.25, 0.3) is 11.3 Å². The summed E-state index contributed by atoms with van der Waals surface area (Å²) in [5, 5.41) is 10.4. The first kappa shape index (κ1) is 26.9. The number of carbonyl (C=O) groups excluding carboxylic acids is 2. The van der Waals surface area contributed by atoms with E-state index >= 15 is 0 Å². The lowest BCUT2D eigenvalue weighted by Crippen LogP contribution is -2.55. The summed E-state index contributed by atoms with van der Waals surface area (Å²) >= 11 is 6.74. The first-order chi connectivity index (χ1) is 17.6. The van der Waals surface area contributed by atoms with Crippen molar-refractivity contribution in [3.05, 3.63) is 47.3 Å². The molecule has 2 aliphatic rings. The molecule has 1 atom stereocenters. The average molecular weight is 531 g/mol. The van der Waals surface area contributed by atoms with Crippen LogP contribution >= 0.6 is 11.6 Å². The first-order valence-corrected chi connectivity index (χ1v) is 12.7. The first-order valence-electron chi connectivity index (χ1n) is 12.3. The van der Waals surface area contributed by atoms with Crippen molar-refractivity contribution in [3.8, 4) is 22.8 Å². The molecule has 4 rings (SSSR count). The zero-order valence-corrected chi connectivity index (χ0v) is 22.1. The van der Waals surface area contributed by atoms with Crippen LogP contribution in [0.5, 0.6) is 11.5 Å². The second-order valence-electron chi connectivity index (χ2n) is 10.1. The van der Waals surface area contributed by atoms with Gasteiger partial charge in [0.25, 0.3) is 0 Å². The molecule has 2 fully saturated rings. The smallest absolute Gasteiger partial charge is 0.246 e. The van der Waals surface area contributed by atoms with Gasteiger partial charge in [-0.1, -0.05) is 24.2 Å². The van der Waals surface area contributed by atoms with E-state index in [-0.39, 0.29) is 57.4 Å². The third kappa shape index (κ3) is 5.15. The lowest BCUT2D eigenvalue weighted by Gasteiger charge is -2.39. The molecule has 1 unspecified atom stereocenters. The van der Waals surface area contributed by atoms with Gasteiger partial charge in [0.2, 0.25) is 5.91 Å². The zero-order chi connectivity index (χ0) is 26.9. The van der Waals surface area contributed by atoms with E-state index in [1.54, 1.807) is 4.90 Å². The maximum absolute atomic E-state index is 14.9. The molecule has 1 amide bonds. The summed E-state index contributed by atoms with van der Waals surface area (Å²) < 4.78 is 21.1. The molecule has 3 heterocycles. The molecule has 2 saturated heterocycles. The molecule has 10 heteroatoms. The van der Waals surface area contributed by atoms with E-state index in [1.165, 1.54) is 24.3 Å². The number of hydrogen-bond acceptors (Lipinski definition) is 7. The predicted molar refractivity (Wildman–Crippen MR) is 141 cm³/mol. The summed E-state index contributed by atoms with van der Waals surface area (Å²) in [4.78, 5) is 35.0. The Bertz CT molecular complexity index is 1200. The van der Waals surface area contributed by atoms with Crippen LogP contribution in [0.15, 0.2) is 30.9 Å². The standard InChI is InChI=1S/C27H32ClFN4O4/c1-5-21(36)32-13-12-31(4)17(14-32)16-37-25-18(15-34)26(33-11-7-10-27(33,2)3)30-24(23(25)28)22-19(29)8-6-9-20(22)35/h5-6,8-9,15,17,35H,1,7,10-14,16H2,2-4H3. The average Bonchev–Trinajstić information content (AvgIpc) is 3.22. The zero-order valence-electron chi connectivity index (χ0n) is 21.3. The van der Waals surface area contributed by atoms with E-state index in [9.17, 15) is 19.1 Å². The molecule has 0 spiro atoms. The Balaban J connectivity index is 1.80. The molecule has 1 aromatic heterocycles. The number of aldehydes is 1. The summed E-state index contributed by atoms with van der Waals surface area (Å²) in [6, 6.07) is 3.77. The number of pyridine rings is 1. The summed E-state index contributed by atoms with van der Waals surface area (Å²) in [6.07, 6.45) is 3.71. The maximum atomic E-state index is 14.9. The quantitative estimate of drug-likeness (QED) is 0.425. The van der Waals surface area contributed by atoms with Crippen LogP contribution in [0.2, 0.25) is 5.02 Å². The van der Waals surface area contributed by atoms with E-state index in [1.807, 2.05) is 25.8 Å². The normalized spacial score (nSPS) is 19.6. The summed E-state index contributed by atoms with van der Waals surface area (Å²) in [7, 11) is 1.93. The third-order valence-electron chi connectivity index (χ3n) is 7.30. The lowest BCUT2D eigenvalue weighted by atomic mass is 10.0. The van der Waals surface area contributed by atoms with Crippen LogP contribution in [-0.2, 0) is 4.79 Å². The van der Waals surface area contributed by atoms with Gasteiger partial charge in [0.05, 0.1) is 11.6 Å². The highest BCUT2D eigenvalue weighted by molar-refractivity contribution is 6.35. The van der Waals surface area contributed by atoms with Crippen molar-refractivity contribution < 1.29 is 23.8 Å². The van der Waals surface area contributed by atoms with Crippen molar-refractivity contribution in [2.45, 2.75) is 38.3 Å². The summed E-state index contributed by atoms with van der Waals surface area (Å²) in [5.74, 6) is -0.782. The van der Waals surface area contributed by atoms with Gasteiger partial charge in [0.1, 0.15) is 40.3 Å². The number of halogens is 2. The van der Waals surface area contributed by atoms with Gasteiger partial charge in [-0.05, 0) is 51.9 Å². The topological polar surface area (TPSA) is 86.2 Å². The molecule has 0 radical (unpaired) electrons. The fraction of sp³-hybridized carbons (Fsp3) is 0.444. The van der Waals surface area contributed by atoms with Crippen molar-refractivity contribution in [2.24, 2.45) is 0 Å². The van der Waals surface area contributed by atoms with Crippen molar-refractivity contribution in [2.75, 3.05) is 44.7 Å². The summed E-state index contributed by atoms with van der Waals surface area (Å²) in [6.45, 7) is 10.0. The SMILES string of the molecule is C=CC(=O)N1CCN(C)C(COc2c(Cl)c(-c3c(O)cccc3F)nc(N3CCCC3(C)C)c2C=O)C1. The number of phenolic OH excluding ortho intramolecular Hbond substituents is 1. The number of aromatic hydroxyl groups is 1. The van der Waals surface area contributed by atoms with Gasteiger partial charge < -0.3 is 19.6 Å². The number of anilines is 1. The molecular formula is C27H32ClFN4O4. The van der Waals surface area contributed by atoms with Crippen molar-refractivity contribution >= 4 is 29.6 Å². The number of aromatic nitrogens is 1. The fourth-order valence-corrected chi connectivity index (χ4v) is 5.34. The minimum absolute atomic E-state index is 0.00368. The van der Waals surface area contributed by atoms with E-state index < -0.39 is 5.82 Å². The van der Waals surface area contributed by atoms with Gasteiger partial charge in [-0.2, -0.15) is 0 Å². The van der Waals surface area contributed by atoms with Gasteiger partial charge in [0.15, 0.2) is 12.0 Å². The van der Waals surface area contributed by atoms with Crippen molar-refractivity contribution in [1.82, 2.24) is 14.8 Å². The highest BCUT2D eigenvalue weighted by atomic mass is 35.5. The minimum Gasteiger partial charge on any atom is -0.507 e.